The first-order valence-electron chi connectivity index (χ1n) is 5.94. The Bertz CT molecular complexity index is 663. The molecule has 9 heteroatoms. The van der Waals surface area contributed by atoms with Crippen molar-refractivity contribution in [3.63, 3.8) is 0 Å². The Labute approximate surface area is 131 Å². The van der Waals surface area contributed by atoms with Gasteiger partial charge in [0.15, 0.2) is 0 Å². The number of rotatable bonds is 2. The van der Waals surface area contributed by atoms with Crippen LogP contribution >= 0.6 is 31.9 Å². The van der Waals surface area contributed by atoms with E-state index in [9.17, 15) is 10.2 Å². The molecule has 0 bridgehead atoms. The average Bonchev–Trinajstić information content (AvgIpc) is 2.90. The van der Waals surface area contributed by atoms with Crippen LogP contribution in [0, 0.1) is 0 Å². The van der Waals surface area contributed by atoms with Crippen molar-refractivity contribution in [1.29, 1.82) is 0 Å². The van der Waals surface area contributed by atoms with Gasteiger partial charge in [-0.3, -0.25) is 4.57 Å². The van der Waals surface area contributed by atoms with E-state index >= 15 is 0 Å². The van der Waals surface area contributed by atoms with Gasteiger partial charge in [-0.25, -0.2) is 9.97 Å². The molecule has 4 N–H and O–H groups in total. The van der Waals surface area contributed by atoms with Gasteiger partial charge >= 0.3 is 0 Å². The van der Waals surface area contributed by atoms with Gasteiger partial charge in [0, 0.05) is 6.42 Å². The van der Waals surface area contributed by atoms with E-state index in [1.165, 1.54) is 6.33 Å². The molecule has 3 heterocycles. The maximum Gasteiger partial charge on any atom is 0.149 e. The van der Waals surface area contributed by atoms with Gasteiger partial charge in [0.25, 0.3) is 0 Å². The van der Waals surface area contributed by atoms with Gasteiger partial charge in [-0.05, 0) is 31.9 Å². The minimum atomic E-state index is -0.715. The van der Waals surface area contributed by atoms with E-state index < -0.39 is 18.4 Å². The topological polar surface area (TPSA) is 106 Å². The highest BCUT2D eigenvalue weighted by molar-refractivity contribution is 9.13. The maximum absolute atomic E-state index is 9.86. The molecule has 0 aromatic carbocycles. The molecule has 108 valence electrons. The Balaban J connectivity index is 2.13. The Morgan fingerprint density at radius 3 is 2.85 bits per heavy atom. The van der Waals surface area contributed by atoms with Gasteiger partial charge < -0.3 is 20.7 Å². The molecule has 0 aliphatic carbocycles. The molecular weight excluding hydrogens is 396 g/mol. The molecule has 0 unspecified atom stereocenters. The molecule has 0 spiro atoms. The fourth-order valence-corrected chi connectivity index (χ4v) is 3.55. The molecular formula is C11H12Br2N4O3. The molecule has 3 atom stereocenters. The Kier molecular flexibility index (Phi) is 3.71. The van der Waals surface area contributed by atoms with E-state index in [0.29, 0.717) is 27.9 Å². The zero-order valence-electron chi connectivity index (χ0n) is 10.2. The minimum absolute atomic E-state index is 0.229. The summed E-state index contributed by atoms with van der Waals surface area (Å²) in [5, 5.41) is 19.7. The summed E-state index contributed by atoms with van der Waals surface area (Å²) < 4.78 is 8.89. The Morgan fingerprint density at radius 2 is 2.20 bits per heavy atom. The van der Waals surface area contributed by atoms with E-state index in [2.05, 4.69) is 41.8 Å². The van der Waals surface area contributed by atoms with Crippen molar-refractivity contribution in [3.8, 4) is 0 Å². The Morgan fingerprint density at radius 1 is 1.45 bits per heavy atom. The molecule has 2 aromatic rings. The number of hydrogen-bond acceptors (Lipinski definition) is 6. The normalized spacial score (nSPS) is 26.5. The summed E-state index contributed by atoms with van der Waals surface area (Å²) in [6.45, 7) is -0.229. The standard InChI is InChI=1S/C11H12Br2N4O3/c12-8-7-10(14)15-3-16-11(7)17(9(8)13)6-1-4(19)5(2-18)20-6/h3-6,18-19H,1-2H2,(H2,14,15,16)/t4-,5-,6-/m1/s1. The number of fused-ring (bicyclic) bond motifs is 1. The molecule has 7 nitrogen and oxygen atoms in total. The first-order chi connectivity index (χ1) is 9.54. The number of nitrogens with two attached hydrogens (primary N) is 1. The third-order valence-corrected chi connectivity index (χ3v) is 5.45. The van der Waals surface area contributed by atoms with Crippen molar-refractivity contribution in [2.75, 3.05) is 12.3 Å². The molecule has 1 saturated heterocycles. The molecule has 0 radical (unpaired) electrons. The van der Waals surface area contributed by atoms with Crippen molar-refractivity contribution in [2.24, 2.45) is 0 Å². The number of nitrogens with zero attached hydrogens (tertiary/aromatic N) is 3. The van der Waals surface area contributed by atoms with Crippen LogP contribution in [0.25, 0.3) is 11.0 Å². The summed E-state index contributed by atoms with van der Waals surface area (Å²) in [6, 6.07) is 0. The number of hydrogen-bond donors (Lipinski definition) is 3. The Hall–Kier alpha value is -0.740. The van der Waals surface area contributed by atoms with Crippen LogP contribution in [0.5, 0.6) is 0 Å². The molecule has 20 heavy (non-hydrogen) atoms. The number of halogens is 2. The third-order valence-electron chi connectivity index (χ3n) is 3.37. The van der Waals surface area contributed by atoms with E-state index in [4.69, 9.17) is 10.5 Å². The van der Waals surface area contributed by atoms with Crippen LogP contribution in [0.4, 0.5) is 5.82 Å². The first-order valence-corrected chi connectivity index (χ1v) is 7.53. The summed E-state index contributed by atoms with van der Waals surface area (Å²) in [7, 11) is 0. The lowest BCUT2D eigenvalue weighted by Gasteiger charge is -2.15. The monoisotopic (exact) mass is 406 g/mol. The van der Waals surface area contributed by atoms with Crippen LogP contribution in [0.3, 0.4) is 0 Å². The van der Waals surface area contributed by atoms with Gasteiger partial charge in [0.05, 0.1) is 22.6 Å². The largest absolute Gasteiger partial charge is 0.394 e. The van der Waals surface area contributed by atoms with Crippen molar-refractivity contribution < 1.29 is 14.9 Å². The quantitative estimate of drug-likeness (QED) is 0.690. The summed E-state index contributed by atoms with van der Waals surface area (Å²) in [6.07, 6.45) is 0.000531. The predicted octanol–water partition coefficient (Wildman–Crippen LogP) is 1.18. The summed E-state index contributed by atoms with van der Waals surface area (Å²) in [5.74, 6) is 0.360. The number of aliphatic hydroxyl groups excluding tert-OH is 2. The van der Waals surface area contributed by atoms with Crippen LogP contribution in [0.1, 0.15) is 12.6 Å². The highest BCUT2D eigenvalue weighted by Gasteiger charge is 2.36. The number of anilines is 1. The molecule has 0 amide bonds. The second-order valence-corrected chi connectivity index (χ2v) is 6.09. The van der Waals surface area contributed by atoms with Crippen LogP contribution in [-0.2, 0) is 4.74 Å². The molecule has 1 fully saturated rings. The minimum Gasteiger partial charge on any atom is -0.394 e. The molecule has 2 aromatic heterocycles. The number of aromatic nitrogens is 3. The summed E-state index contributed by atoms with van der Waals surface area (Å²) in [4.78, 5) is 8.20. The zero-order chi connectivity index (χ0) is 14.4. The van der Waals surface area contributed by atoms with Gasteiger partial charge in [-0.1, -0.05) is 0 Å². The lowest BCUT2D eigenvalue weighted by Crippen LogP contribution is -2.24. The molecule has 1 aliphatic heterocycles. The SMILES string of the molecule is Nc1ncnc2c1c(Br)c(Br)n2[C@H]1C[C@@H](O)[C@@H](CO)O1. The number of ether oxygens (including phenoxy) is 1. The highest BCUT2D eigenvalue weighted by Crippen LogP contribution is 2.41. The number of aliphatic hydroxyl groups is 2. The van der Waals surface area contributed by atoms with E-state index in [1.54, 1.807) is 4.57 Å². The second kappa shape index (κ2) is 5.23. The van der Waals surface area contributed by atoms with Crippen LogP contribution in [0.2, 0.25) is 0 Å². The van der Waals surface area contributed by atoms with E-state index in [-0.39, 0.29) is 6.61 Å². The first kappa shape index (κ1) is 14.2. The average molecular weight is 408 g/mol. The molecule has 0 saturated carbocycles. The van der Waals surface area contributed by atoms with Crippen molar-refractivity contribution in [3.05, 3.63) is 15.4 Å². The van der Waals surface area contributed by atoms with E-state index in [0.717, 1.165) is 4.47 Å². The van der Waals surface area contributed by atoms with Crippen molar-refractivity contribution >= 4 is 48.7 Å². The van der Waals surface area contributed by atoms with Gasteiger partial charge in [0.2, 0.25) is 0 Å². The van der Waals surface area contributed by atoms with Crippen LogP contribution < -0.4 is 5.73 Å². The lowest BCUT2D eigenvalue weighted by atomic mass is 10.2. The number of nitrogen functional groups attached to an aromatic ring is 1. The van der Waals surface area contributed by atoms with Gasteiger partial charge in [-0.15, -0.1) is 0 Å². The zero-order valence-corrected chi connectivity index (χ0v) is 13.4. The summed E-state index contributed by atoms with van der Waals surface area (Å²) >= 11 is 6.92. The molecule has 3 rings (SSSR count). The van der Waals surface area contributed by atoms with Gasteiger partial charge in [0.1, 0.15) is 34.7 Å². The second-order valence-electron chi connectivity index (χ2n) is 4.55. The maximum atomic E-state index is 9.86. The fraction of sp³-hybridized carbons (Fsp3) is 0.455. The third kappa shape index (κ3) is 2.04. The predicted molar refractivity (Wildman–Crippen MR) is 79.0 cm³/mol. The summed E-state index contributed by atoms with van der Waals surface area (Å²) in [5.41, 5.74) is 6.48. The van der Waals surface area contributed by atoms with Crippen LogP contribution in [-0.4, -0.2) is 43.6 Å². The molecule has 1 aliphatic rings. The van der Waals surface area contributed by atoms with Crippen LogP contribution in [0.15, 0.2) is 15.4 Å². The van der Waals surface area contributed by atoms with Crippen molar-refractivity contribution in [1.82, 2.24) is 14.5 Å². The smallest absolute Gasteiger partial charge is 0.149 e. The van der Waals surface area contributed by atoms with Gasteiger partial charge in [-0.2, -0.15) is 0 Å². The fourth-order valence-electron chi connectivity index (χ4n) is 2.38. The van der Waals surface area contributed by atoms with Crippen molar-refractivity contribution in [2.45, 2.75) is 24.9 Å². The lowest BCUT2D eigenvalue weighted by molar-refractivity contribution is -0.0437. The van der Waals surface area contributed by atoms with E-state index in [1.807, 2.05) is 0 Å². The highest BCUT2D eigenvalue weighted by atomic mass is 79.9.